The van der Waals surface area contributed by atoms with Gasteiger partial charge in [-0.3, -0.25) is 4.98 Å². The summed E-state index contributed by atoms with van der Waals surface area (Å²) >= 11 is 1.56. The molecule has 0 aromatic carbocycles. The number of methoxy groups -OCH3 is 1. The molecule has 0 aliphatic heterocycles. The van der Waals surface area contributed by atoms with Gasteiger partial charge in [-0.25, -0.2) is 9.97 Å². The van der Waals surface area contributed by atoms with Crippen LogP contribution in [0, 0.1) is 19.8 Å². The fourth-order valence-electron chi connectivity index (χ4n) is 4.07. The predicted octanol–water partition coefficient (Wildman–Crippen LogP) is 1.98. The van der Waals surface area contributed by atoms with E-state index in [4.69, 9.17) is 9.72 Å². The van der Waals surface area contributed by atoms with Crippen LogP contribution in [0.1, 0.15) is 17.8 Å². The average molecular weight is 431 g/mol. The van der Waals surface area contributed by atoms with Crippen molar-refractivity contribution in [1.82, 2.24) is 19.9 Å². The molecule has 0 radical (unpaired) electrons. The second kappa shape index (κ2) is 8.38. The molecule has 160 valence electrons. The molecule has 4 unspecified atom stereocenters. The van der Waals surface area contributed by atoms with Crippen molar-refractivity contribution >= 4 is 33.3 Å². The smallest absolute Gasteiger partial charge is 0.224 e. The van der Waals surface area contributed by atoms with Crippen molar-refractivity contribution in [3.63, 3.8) is 0 Å². The number of aliphatic hydroxyl groups is 2. The summed E-state index contributed by atoms with van der Waals surface area (Å²) in [6.45, 7) is 3.81. The molecule has 4 atom stereocenters. The van der Waals surface area contributed by atoms with E-state index >= 15 is 0 Å². The van der Waals surface area contributed by atoms with Crippen LogP contribution < -0.4 is 10.6 Å². The van der Waals surface area contributed by atoms with Gasteiger partial charge in [-0.15, -0.1) is 11.3 Å². The zero-order chi connectivity index (χ0) is 21.4. The van der Waals surface area contributed by atoms with Gasteiger partial charge in [0.1, 0.15) is 22.4 Å². The Hall–Kier alpha value is -2.40. The first-order chi connectivity index (χ1) is 14.5. The zero-order valence-electron chi connectivity index (χ0n) is 17.4. The van der Waals surface area contributed by atoms with Gasteiger partial charge >= 0.3 is 0 Å². The van der Waals surface area contributed by atoms with E-state index in [2.05, 4.69) is 25.6 Å². The lowest BCUT2D eigenvalue weighted by molar-refractivity contribution is -0.0259. The van der Waals surface area contributed by atoms with Gasteiger partial charge in [0.05, 0.1) is 33.8 Å². The van der Waals surface area contributed by atoms with Gasteiger partial charge in [-0.05, 0) is 26.3 Å². The molecule has 0 bridgehead atoms. The predicted molar refractivity (Wildman–Crippen MR) is 117 cm³/mol. The number of rotatable bonds is 6. The van der Waals surface area contributed by atoms with E-state index in [0.29, 0.717) is 18.2 Å². The van der Waals surface area contributed by atoms with E-state index in [1.165, 1.54) is 0 Å². The SMILES string of the molecule is CNc1nc(C)c(-c2nc3c(C)nccc3s2)c(NC2CC(CO)C(OC)C2O)n1. The summed E-state index contributed by atoms with van der Waals surface area (Å²) in [4.78, 5) is 18.3. The third-order valence-electron chi connectivity index (χ3n) is 5.62. The summed E-state index contributed by atoms with van der Waals surface area (Å²) in [5.74, 6) is 0.926. The van der Waals surface area contributed by atoms with Crippen molar-refractivity contribution in [3.8, 4) is 10.6 Å². The van der Waals surface area contributed by atoms with Crippen molar-refractivity contribution in [1.29, 1.82) is 0 Å². The lowest BCUT2D eigenvalue weighted by Crippen LogP contribution is -2.37. The summed E-state index contributed by atoms with van der Waals surface area (Å²) in [7, 11) is 3.31. The Balaban J connectivity index is 1.77. The Morgan fingerprint density at radius 1 is 1.23 bits per heavy atom. The number of pyridine rings is 1. The molecule has 30 heavy (non-hydrogen) atoms. The minimum absolute atomic E-state index is 0.0463. The van der Waals surface area contributed by atoms with Crippen molar-refractivity contribution < 1.29 is 14.9 Å². The number of ether oxygens (including phenoxy) is 1. The Morgan fingerprint density at radius 2 is 2.03 bits per heavy atom. The molecule has 1 aliphatic rings. The van der Waals surface area contributed by atoms with Crippen LogP contribution in [0.25, 0.3) is 20.8 Å². The maximum absolute atomic E-state index is 10.7. The summed E-state index contributed by atoms with van der Waals surface area (Å²) in [6.07, 6.45) is 1.14. The van der Waals surface area contributed by atoms with Crippen LogP contribution in [-0.4, -0.2) is 69.2 Å². The van der Waals surface area contributed by atoms with Crippen molar-refractivity contribution in [3.05, 3.63) is 23.7 Å². The molecule has 0 spiro atoms. The third-order valence-corrected chi connectivity index (χ3v) is 6.65. The number of thiazole rings is 1. The lowest BCUT2D eigenvalue weighted by Gasteiger charge is -2.22. The number of hydrogen-bond donors (Lipinski definition) is 4. The van der Waals surface area contributed by atoms with Crippen molar-refractivity contribution in [2.45, 2.75) is 38.5 Å². The minimum Gasteiger partial charge on any atom is -0.396 e. The third kappa shape index (κ3) is 3.60. The average Bonchev–Trinajstić information content (AvgIpc) is 3.29. The molecule has 1 aliphatic carbocycles. The van der Waals surface area contributed by atoms with Gasteiger partial charge in [0.2, 0.25) is 5.95 Å². The van der Waals surface area contributed by atoms with Crippen LogP contribution in [-0.2, 0) is 4.74 Å². The maximum atomic E-state index is 10.7. The number of aryl methyl sites for hydroxylation is 2. The quantitative estimate of drug-likeness (QED) is 0.464. The van der Waals surface area contributed by atoms with Crippen LogP contribution in [0.15, 0.2) is 12.3 Å². The largest absolute Gasteiger partial charge is 0.396 e. The van der Waals surface area contributed by atoms with Crippen LogP contribution in [0.2, 0.25) is 0 Å². The van der Waals surface area contributed by atoms with Gasteiger partial charge < -0.3 is 25.6 Å². The second-order valence-corrected chi connectivity index (χ2v) is 8.52. The molecule has 4 rings (SSSR count). The summed E-state index contributed by atoms with van der Waals surface area (Å²) in [5, 5.41) is 27.6. The van der Waals surface area contributed by atoms with Gasteiger partial charge in [0.15, 0.2) is 0 Å². The van der Waals surface area contributed by atoms with Gasteiger partial charge in [-0.1, -0.05) is 0 Å². The number of nitrogens with one attached hydrogen (secondary N) is 2. The molecule has 9 nitrogen and oxygen atoms in total. The molecule has 3 heterocycles. The van der Waals surface area contributed by atoms with Crippen LogP contribution >= 0.6 is 11.3 Å². The first-order valence-corrected chi connectivity index (χ1v) is 10.7. The molecular weight excluding hydrogens is 404 g/mol. The number of aromatic nitrogens is 4. The number of fused-ring (bicyclic) bond motifs is 1. The summed E-state index contributed by atoms with van der Waals surface area (Å²) < 4.78 is 6.46. The zero-order valence-corrected chi connectivity index (χ0v) is 18.2. The molecule has 10 heteroatoms. The van der Waals surface area contributed by atoms with E-state index < -0.39 is 12.2 Å². The first kappa shape index (κ1) is 20.9. The second-order valence-electron chi connectivity index (χ2n) is 7.49. The normalized spacial score (nSPS) is 23.8. The molecule has 0 saturated heterocycles. The maximum Gasteiger partial charge on any atom is 0.224 e. The van der Waals surface area contributed by atoms with E-state index in [9.17, 15) is 10.2 Å². The van der Waals surface area contributed by atoms with Crippen LogP contribution in [0.5, 0.6) is 0 Å². The Morgan fingerprint density at radius 3 is 2.67 bits per heavy atom. The number of aliphatic hydroxyl groups excluding tert-OH is 2. The number of nitrogens with zero attached hydrogens (tertiary/aromatic N) is 4. The lowest BCUT2D eigenvalue weighted by atomic mass is 10.1. The minimum atomic E-state index is -0.768. The molecule has 3 aromatic heterocycles. The van der Waals surface area contributed by atoms with E-state index in [1.54, 1.807) is 31.7 Å². The molecule has 3 aromatic rings. The Bertz CT molecular complexity index is 1060. The fourth-order valence-corrected chi connectivity index (χ4v) is 5.18. The molecule has 0 amide bonds. The summed E-state index contributed by atoms with van der Waals surface area (Å²) in [5.41, 5.74) is 3.30. The monoisotopic (exact) mass is 430 g/mol. The Kier molecular flexibility index (Phi) is 5.83. The highest BCUT2D eigenvalue weighted by Gasteiger charge is 2.43. The first-order valence-electron chi connectivity index (χ1n) is 9.84. The van der Waals surface area contributed by atoms with E-state index in [0.717, 1.165) is 32.2 Å². The highest BCUT2D eigenvalue weighted by molar-refractivity contribution is 7.21. The van der Waals surface area contributed by atoms with E-state index in [-0.39, 0.29) is 18.6 Å². The summed E-state index contributed by atoms with van der Waals surface area (Å²) in [6, 6.07) is 1.63. The molecule has 1 fully saturated rings. The fraction of sp³-hybridized carbons (Fsp3) is 0.500. The molecule has 4 N–H and O–H groups in total. The van der Waals surface area contributed by atoms with Gasteiger partial charge in [0.25, 0.3) is 0 Å². The van der Waals surface area contributed by atoms with Crippen LogP contribution in [0.3, 0.4) is 0 Å². The van der Waals surface area contributed by atoms with Crippen molar-refractivity contribution in [2.75, 3.05) is 31.4 Å². The molecule has 1 saturated carbocycles. The van der Waals surface area contributed by atoms with E-state index in [1.807, 2.05) is 19.9 Å². The van der Waals surface area contributed by atoms with Gasteiger partial charge in [0, 0.05) is 32.9 Å². The number of anilines is 2. The van der Waals surface area contributed by atoms with Gasteiger partial charge in [-0.2, -0.15) is 4.98 Å². The van der Waals surface area contributed by atoms with Crippen LogP contribution in [0.4, 0.5) is 11.8 Å². The topological polar surface area (TPSA) is 125 Å². The number of hydrogen-bond acceptors (Lipinski definition) is 10. The van der Waals surface area contributed by atoms with Crippen molar-refractivity contribution in [2.24, 2.45) is 5.92 Å². The highest BCUT2D eigenvalue weighted by atomic mass is 32.1. The standard InChI is InChI=1S/C20H26N6O3S/c1-9-14(19-25-15-10(2)22-6-5-13(15)30-19)18(26-20(21-3)23-9)24-12-7-11(8-27)17(29-4)16(12)28/h5-6,11-12,16-17,27-28H,7-8H2,1-4H3,(H2,21,23,24,26). The molecular formula is C20H26N6O3S. The highest BCUT2D eigenvalue weighted by Crippen LogP contribution is 2.38. The Labute approximate surface area is 178 Å².